The molecule has 114 valence electrons. The molecule has 1 N–H and O–H groups in total. The van der Waals surface area contributed by atoms with Crippen LogP contribution < -0.4 is 5.32 Å². The van der Waals surface area contributed by atoms with Gasteiger partial charge in [0.05, 0.1) is 11.1 Å². The molecule has 0 fully saturated rings. The van der Waals surface area contributed by atoms with E-state index in [0.29, 0.717) is 0 Å². The van der Waals surface area contributed by atoms with Crippen LogP contribution in [-0.4, -0.2) is 24.2 Å². The van der Waals surface area contributed by atoms with Gasteiger partial charge in [-0.05, 0) is 50.9 Å². The summed E-state index contributed by atoms with van der Waals surface area (Å²) in [5.41, 5.74) is 2.20. The molecule has 0 bridgehead atoms. The van der Waals surface area contributed by atoms with Gasteiger partial charge in [0.15, 0.2) is 0 Å². The van der Waals surface area contributed by atoms with Crippen LogP contribution in [0.3, 0.4) is 0 Å². The average Bonchev–Trinajstić information content (AvgIpc) is 2.51. The molecular formula is C18H26N2O. The molecule has 0 amide bonds. The Morgan fingerprint density at radius 3 is 2.76 bits per heavy atom. The highest BCUT2D eigenvalue weighted by molar-refractivity contribution is 5.82. The van der Waals surface area contributed by atoms with E-state index in [4.69, 9.17) is 4.74 Å². The summed E-state index contributed by atoms with van der Waals surface area (Å²) in [6.07, 6.45) is 3.89. The molecule has 0 saturated carbocycles. The summed E-state index contributed by atoms with van der Waals surface area (Å²) < 4.78 is 5.63. The van der Waals surface area contributed by atoms with E-state index in [9.17, 15) is 0 Å². The molecule has 2 rings (SSSR count). The molecule has 2 aromatic rings. The molecule has 1 aromatic carbocycles. The van der Waals surface area contributed by atoms with Crippen molar-refractivity contribution in [3.63, 3.8) is 0 Å². The van der Waals surface area contributed by atoms with Crippen LogP contribution in [-0.2, 0) is 4.74 Å². The fraction of sp³-hybridized carbons (Fsp3) is 0.500. The third-order valence-electron chi connectivity index (χ3n) is 3.94. The number of nitrogens with zero attached hydrogens (tertiary/aromatic N) is 1. The van der Waals surface area contributed by atoms with Crippen LogP contribution in [0.25, 0.3) is 10.9 Å². The molecule has 1 heterocycles. The van der Waals surface area contributed by atoms with Crippen molar-refractivity contribution in [1.82, 2.24) is 10.3 Å². The third-order valence-corrected chi connectivity index (χ3v) is 3.94. The van der Waals surface area contributed by atoms with E-state index in [-0.39, 0.29) is 11.6 Å². The van der Waals surface area contributed by atoms with Crippen LogP contribution in [0.5, 0.6) is 0 Å². The zero-order chi connectivity index (χ0) is 15.3. The highest BCUT2D eigenvalue weighted by Gasteiger charge is 2.24. The first kappa shape index (κ1) is 15.9. The molecule has 0 radical (unpaired) electrons. The molecule has 0 spiro atoms. The smallest absolute Gasteiger partial charge is 0.0705 e. The lowest BCUT2D eigenvalue weighted by Crippen LogP contribution is -2.32. The van der Waals surface area contributed by atoms with Crippen LogP contribution in [0.2, 0.25) is 0 Å². The monoisotopic (exact) mass is 286 g/mol. The van der Waals surface area contributed by atoms with Crippen LogP contribution in [0, 0.1) is 0 Å². The standard InChI is InChI=1S/C18H26N2O/c1-5-11-19-17(13-18(2,3)21-4)15-8-6-10-16-14(15)9-7-12-20-16/h6-10,12,17,19H,5,11,13H2,1-4H3. The van der Waals surface area contributed by atoms with Crippen LogP contribution >= 0.6 is 0 Å². The first-order chi connectivity index (χ1) is 10.1. The van der Waals surface area contributed by atoms with Gasteiger partial charge in [0.2, 0.25) is 0 Å². The Bertz CT molecular complexity index is 575. The van der Waals surface area contributed by atoms with Gasteiger partial charge in [0.1, 0.15) is 0 Å². The summed E-state index contributed by atoms with van der Waals surface area (Å²) in [5, 5.41) is 4.88. The number of nitrogens with one attached hydrogen (secondary N) is 1. The van der Waals surface area contributed by atoms with Crippen LogP contribution in [0.4, 0.5) is 0 Å². The van der Waals surface area contributed by atoms with E-state index in [1.807, 2.05) is 12.3 Å². The minimum absolute atomic E-state index is 0.157. The van der Waals surface area contributed by atoms with Gasteiger partial charge in [-0.3, -0.25) is 4.98 Å². The van der Waals surface area contributed by atoms with E-state index in [1.54, 1.807) is 7.11 Å². The molecule has 0 saturated heterocycles. The molecule has 3 nitrogen and oxygen atoms in total. The topological polar surface area (TPSA) is 34.1 Å². The first-order valence-corrected chi connectivity index (χ1v) is 7.69. The summed E-state index contributed by atoms with van der Waals surface area (Å²) in [6.45, 7) is 7.46. The van der Waals surface area contributed by atoms with Crippen LogP contribution in [0.1, 0.15) is 45.2 Å². The van der Waals surface area contributed by atoms with Crippen molar-refractivity contribution in [3.8, 4) is 0 Å². The SMILES string of the molecule is CCCNC(CC(C)(C)OC)c1cccc2ncccc12. The van der Waals surface area contributed by atoms with Crippen molar-refractivity contribution in [2.24, 2.45) is 0 Å². The molecule has 1 atom stereocenters. The summed E-state index contributed by atoms with van der Waals surface area (Å²) >= 11 is 0. The average molecular weight is 286 g/mol. The van der Waals surface area contributed by atoms with Crippen molar-refractivity contribution in [3.05, 3.63) is 42.1 Å². The van der Waals surface area contributed by atoms with Crippen molar-refractivity contribution in [2.45, 2.75) is 45.3 Å². The quantitative estimate of drug-likeness (QED) is 0.832. The summed E-state index contributed by atoms with van der Waals surface area (Å²) in [5.74, 6) is 0. The molecule has 1 unspecified atom stereocenters. The van der Waals surface area contributed by atoms with Crippen molar-refractivity contribution >= 4 is 10.9 Å². The Morgan fingerprint density at radius 1 is 1.24 bits per heavy atom. The van der Waals surface area contributed by atoms with Crippen molar-refractivity contribution in [2.75, 3.05) is 13.7 Å². The van der Waals surface area contributed by atoms with Gasteiger partial charge < -0.3 is 10.1 Å². The van der Waals surface area contributed by atoms with Crippen molar-refractivity contribution in [1.29, 1.82) is 0 Å². The number of benzene rings is 1. The van der Waals surface area contributed by atoms with Gasteiger partial charge in [-0.15, -0.1) is 0 Å². The number of pyridine rings is 1. The van der Waals surface area contributed by atoms with E-state index >= 15 is 0 Å². The van der Waals surface area contributed by atoms with Gasteiger partial charge >= 0.3 is 0 Å². The Kier molecular flexibility index (Phi) is 5.32. The lowest BCUT2D eigenvalue weighted by Gasteiger charge is -2.30. The maximum Gasteiger partial charge on any atom is 0.0705 e. The second kappa shape index (κ2) is 7.01. The van der Waals surface area contributed by atoms with E-state index < -0.39 is 0 Å². The minimum Gasteiger partial charge on any atom is -0.379 e. The second-order valence-electron chi connectivity index (χ2n) is 6.09. The number of hydrogen-bond acceptors (Lipinski definition) is 3. The largest absolute Gasteiger partial charge is 0.379 e. The summed E-state index contributed by atoms with van der Waals surface area (Å²) in [6, 6.07) is 10.8. The van der Waals surface area contributed by atoms with Crippen LogP contribution in [0.15, 0.2) is 36.5 Å². The zero-order valence-electron chi connectivity index (χ0n) is 13.5. The Labute approximate surface area is 127 Å². The first-order valence-electron chi connectivity index (χ1n) is 7.69. The molecular weight excluding hydrogens is 260 g/mol. The Morgan fingerprint density at radius 2 is 2.05 bits per heavy atom. The van der Waals surface area contributed by atoms with Gasteiger partial charge in [-0.25, -0.2) is 0 Å². The van der Waals surface area contributed by atoms with E-state index in [1.165, 1.54) is 10.9 Å². The van der Waals surface area contributed by atoms with Gasteiger partial charge in [0, 0.05) is 24.7 Å². The lowest BCUT2D eigenvalue weighted by molar-refractivity contribution is 0.00697. The molecule has 1 aromatic heterocycles. The number of rotatable bonds is 7. The summed E-state index contributed by atoms with van der Waals surface area (Å²) in [4.78, 5) is 4.46. The number of ether oxygens (including phenoxy) is 1. The lowest BCUT2D eigenvalue weighted by atomic mass is 9.91. The number of hydrogen-bond donors (Lipinski definition) is 1. The van der Waals surface area contributed by atoms with Gasteiger partial charge in [-0.1, -0.05) is 25.1 Å². The molecule has 0 aliphatic rings. The second-order valence-corrected chi connectivity index (χ2v) is 6.09. The Hall–Kier alpha value is -1.45. The van der Waals surface area contributed by atoms with Gasteiger partial charge in [-0.2, -0.15) is 0 Å². The molecule has 0 aliphatic carbocycles. The fourth-order valence-corrected chi connectivity index (χ4v) is 2.62. The highest BCUT2D eigenvalue weighted by Crippen LogP contribution is 2.30. The van der Waals surface area contributed by atoms with E-state index in [0.717, 1.165) is 24.9 Å². The maximum absolute atomic E-state index is 5.63. The van der Waals surface area contributed by atoms with Crippen molar-refractivity contribution < 1.29 is 4.74 Å². The zero-order valence-corrected chi connectivity index (χ0v) is 13.5. The third kappa shape index (κ3) is 4.02. The van der Waals surface area contributed by atoms with E-state index in [2.05, 4.69) is 55.3 Å². The minimum atomic E-state index is -0.157. The molecule has 0 aliphatic heterocycles. The Balaban J connectivity index is 2.38. The highest BCUT2D eigenvalue weighted by atomic mass is 16.5. The summed E-state index contributed by atoms with van der Waals surface area (Å²) in [7, 11) is 1.78. The number of methoxy groups -OCH3 is 1. The normalized spacial score (nSPS) is 13.5. The number of fused-ring (bicyclic) bond motifs is 1. The fourth-order valence-electron chi connectivity index (χ4n) is 2.62. The maximum atomic E-state index is 5.63. The molecule has 3 heteroatoms. The predicted molar refractivity (Wildman–Crippen MR) is 88.5 cm³/mol. The number of aromatic nitrogens is 1. The van der Waals surface area contributed by atoms with Gasteiger partial charge in [0.25, 0.3) is 0 Å². The predicted octanol–water partition coefficient (Wildman–Crippen LogP) is 4.09. The molecule has 21 heavy (non-hydrogen) atoms.